The van der Waals surface area contributed by atoms with Crippen LogP contribution in [0.15, 0.2) is 0 Å². The van der Waals surface area contributed by atoms with Crippen molar-refractivity contribution in [1.82, 2.24) is 9.80 Å². The Bertz CT molecular complexity index is 271. The van der Waals surface area contributed by atoms with Crippen LogP contribution in [-0.2, 0) is 4.79 Å². The third-order valence-corrected chi connectivity index (χ3v) is 4.25. The van der Waals surface area contributed by atoms with Gasteiger partial charge in [0.25, 0.3) is 0 Å². The number of piperazine rings is 1. The lowest BCUT2D eigenvalue weighted by Gasteiger charge is -2.39. The van der Waals surface area contributed by atoms with E-state index in [0.717, 1.165) is 32.1 Å². The molecule has 2 aliphatic rings. The summed E-state index contributed by atoms with van der Waals surface area (Å²) in [7, 11) is 0. The van der Waals surface area contributed by atoms with Gasteiger partial charge in [-0.05, 0) is 26.2 Å². The molecule has 2 unspecified atom stereocenters. The lowest BCUT2D eigenvalue weighted by molar-refractivity contribution is -0.143. The molecule has 0 aromatic heterocycles. The minimum atomic E-state index is -0.704. The molecule has 4 nitrogen and oxygen atoms in total. The maximum Gasteiger partial charge on any atom is 0.320 e. The van der Waals surface area contributed by atoms with E-state index in [1.807, 2.05) is 0 Å². The van der Waals surface area contributed by atoms with Gasteiger partial charge in [-0.1, -0.05) is 12.8 Å². The first-order valence-corrected chi connectivity index (χ1v) is 6.79. The quantitative estimate of drug-likeness (QED) is 0.786. The predicted molar refractivity (Wildman–Crippen MR) is 67.0 cm³/mol. The van der Waals surface area contributed by atoms with E-state index >= 15 is 0 Å². The molecule has 1 N–H and O–H groups in total. The molecule has 0 bridgehead atoms. The molecule has 1 heterocycles. The summed E-state index contributed by atoms with van der Waals surface area (Å²) in [6.45, 7) is 7.92. The van der Waals surface area contributed by atoms with Crippen LogP contribution in [-0.4, -0.2) is 59.1 Å². The summed E-state index contributed by atoms with van der Waals surface area (Å²) in [6, 6.07) is 0.334. The molecular formula is C13H24N2O2. The van der Waals surface area contributed by atoms with Crippen molar-refractivity contribution in [1.29, 1.82) is 0 Å². The van der Waals surface area contributed by atoms with Gasteiger partial charge >= 0.3 is 5.97 Å². The van der Waals surface area contributed by atoms with Crippen LogP contribution in [0.1, 0.15) is 33.1 Å². The zero-order chi connectivity index (χ0) is 12.4. The monoisotopic (exact) mass is 240 g/mol. The third kappa shape index (κ3) is 3.42. The number of hydrogen-bond donors (Lipinski definition) is 1. The topological polar surface area (TPSA) is 43.8 Å². The van der Waals surface area contributed by atoms with Gasteiger partial charge in [-0.2, -0.15) is 0 Å². The normalized spacial score (nSPS) is 26.7. The highest BCUT2D eigenvalue weighted by Crippen LogP contribution is 2.34. The number of carbonyl (C=O) groups is 1. The molecule has 1 saturated carbocycles. The zero-order valence-electron chi connectivity index (χ0n) is 10.9. The molecule has 0 aromatic rings. The minimum Gasteiger partial charge on any atom is -0.480 e. The largest absolute Gasteiger partial charge is 0.480 e. The van der Waals surface area contributed by atoms with E-state index in [0.29, 0.717) is 6.04 Å². The Kier molecular flexibility index (Phi) is 4.05. The second-order valence-electron chi connectivity index (χ2n) is 5.61. The fourth-order valence-corrected chi connectivity index (χ4v) is 2.71. The standard InChI is InChI=1S/C13H24N2O2/c1-10(9-12-3-4-12)14-5-7-15(8-6-14)11(2)13(16)17/h10-12H,3-9H2,1-2H3,(H,16,17). The Morgan fingerprint density at radius 3 is 2.18 bits per heavy atom. The zero-order valence-corrected chi connectivity index (χ0v) is 10.9. The van der Waals surface area contributed by atoms with Crippen molar-refractivity contribution in [2.75, 3.05) is 26.2 Å². The molecule has 98 valence electrons. The van der Waals surface area contributed by atoms with E-state index in [1.54, 1.807) is 6.92 Å². The van der Waals surface area contributed by atoms with Crippen LogP contribution in [0, 0.1) is 5.92 Å². The van der Waals surface area contributed by atoms with Crippen LogP contribution in [0.4, 0.5) is 0 Å². The molecule has 2 atom stereocenters. The first kappa shape index (κ1) is 12.8. The van der Waals surface area contributed by atoms with Gasteiger partial charge < -0.3 is 5.11 Å². The molecule has 1 aliphatic heterocycles. The molecule has 0 aromatic carbocycles. The molecule has 0 amide bonds. The smallest absolute Gasteiger partial charge is 0.320 e. The van der Waals surface area contributed by atoms with Gasteiger partial charge in [-0.15, -0.1) is 0 Å². The van der Waals surface area contributed by atoms with E-state index in [1.165, 1.54) is 19.3 Å². The lowest BCUT2D eigenvalue weighted by atomic mass is 10.1. The highest BCUT2D eigenvalue weighted by Gasteiger charge is 2.30. The van der Waals surface area contributed by atoms with Gasteiger partial charge in [-0.3, -0.25) is 14.6 Å². The highest BCUT2D eigenvalue weighted by atomic mass is 16.4. The average molecular weight is 240 g/mol. The van der Waals surface area contributed by atoms with Crippen LogP contribution in [0.5, 0.6) is 0 Å². The molecule has 2 rings (SSSR count). The fraction of sp³-hybridized carbons (Fsp3) is 0.923. The summed E-state index contributed by atoms with van der Waals surface area (Å²) in [5.74, 6) is 0.269. The minimum absolute atomic E-state index is 0.337. The number of aliphatic carboxylic acids is 1. The van der Waals surface area contributed by atoms with Crippen molar-refractivity contribution in [3.05, 3.63) is 0 Å². The van der Waals surface area contributed by atoms with E-state index in [9.17, 15) is 4.79 Å². The molecule has 4 heteroatoms. The third-order valence-electron chi connectivity index (χ3n) is 4.25. The molecule has 0 radical (unpaired) electrons. The summed E-state index contributed by atoms with van der Waals surface area (Å²) >= 11 is 0. The summed E-state index contributed by atoms with van der Waals surface area (Å²) in [5, 5.41) is 8.98. The van der Waals surface area contributed by atoms with E-state index < -0.39 is 5.97 Å². The molecule has 1 saturated heterocycles. The Morgan fingerprint density at radius 2 is 1.71 bits per heavy atom. The highest BCUT2D eigenvalue weighted by molar-refractivity contribution is 5.72. The second-order valence-corrected chi connectivity index (χ2v) is 5.61. The first-order chi connectivity index (χ1) is 8.08. The Balaban J connectivity index is 1.74. The molecule has 1 aliphatic carbocycles. The van der Waals surface area contributed by atoms with Crippen molar-refractivity contribution in [2.24, 2.45) is 5.92 Å². The maximum atomic E-state index is 10.9. The number of hydrogen-bond acceptors (Lipinski definition) is 3. The molecule has 17 heavy (non-hydrogen) atoms. The van der Waals surface area contributed by atoms with Crippen molar-refractivity contribution < 1.29 is 9.90 Å². The van der Waals surface area contributed by atoms with Gasteiger partial charge in [0.15, 0.2) is 0 Å². The summed E-state index contributed by atoms with van der Waals surface area (Å²) < 4.78 is 0. The average Bonchev–Trinajstić information content (AvgIpc) is 3.12. The van der Waals surface area contributed by atoms with Gasteiger partial charge in [0.2, 0.25) is 0 Å². The summed E-state index contributed by atoms with van der Waals surface area (Å²) in [4.78, 5) is 15.5. The van der Waals surface area contributed by atoms with Crippen LogP contribution < -0.4 is 0 Å². The number of carboxylic acid groups (broad SMARTS) is 1. The van der Waals surface area contributed by atoms with Crippen LogP contribution in [0.2, 0.25) is 0 Å². The van der Waals surface area contributed by atoms with Crippen molar-refractivity contribution in [3.8, 4) is 0 Å². The number of rotatable bonds is 5. The molecular weight excluding hydrogens is 216 g/mol. The van der Waals surface area contributed by atoms with E-state index in [2.05, 4.69) is 16.7 Å². The van der Waals surface area contributed by atoms with Crippen LogP contribution in [0.25, 0.3) is 0 Å². The second kappa shape index (κ2) is 5.36. The van der Waals surface area contributed by atoms with Crippen molar-refractivity contribution in [3.63, 3.8) is 0 Å². The van der Waals surface area contributed by atoms with Gasteiger partial charge in [-0.25, -0.2) is 0 Å². The predicted octanol–water partition coefficient (Wildman–Crippen LogP) is 1.27. The van der Waals surface area contributed by atoms with Crippen LogP contribution >= 0.6 is 0 Å². The first-order valence-electron chi connectivity index (χ1n) is 6.79. The summed E-state index contributed by atoms with van der Waals surface area (Å²) in [6.07, 6.45) is 4.16. The number of nitrogens with zero attached hydrogens (tertiary/aromatic N) is 2. The fourth-order valence-electron chi connectivity index (χ4n) is 2.71. The Morgan fingerprint density at radius 1 is 1.18 bits per heavy atom. The SMILES string of the molecule is CC(CC1CC1)N1CCN(C(C)C(=O)O)CC1. The van der Waals surface area contributed by atoms with Gasteiger partial charge in [0, 0.05) is 32.2 Å². The molecule has 2 fully saturated rings. The van der Waals surface area contributed by atoms with Crippen molar-refractivity contribution >= 4 is 5.97 Å². The lowest BCUT2D eigenvalue weighted by Crippen LogP contribution is -2.53. The Labute approximate surface area is 104 Å². The van der Waals surface area contributed by atoms with Crippen LogP contribution in [0.3, 0.4) is 0 Å². The van der Waals surface area contributed by atoms with Crippen molar-refractivity contribution in [2.45, 2.75) is 45.2 Å². The van der Waals surface area contributed by atoms with E-state index in [-0.39, 0.29) is 6.04 Å². The van der Waals surface area contributed by atoms with Gasteiger partial charge in [0.1, 0.15) is 6.04 Å². The summed E-state index contributed by atoms with van der Waals surface area (Å²) in [5.41, 5.74) is 0. The Hall–Kier alpha value is -0.610. The van der Waals surface area contributed by atoms with E-state index in [4.69, 9.17) is 5.11 Å². The van der Waals surface area contributed by atoms with Gasteiger partial charge in [0.05, 0.1) is 0 Å². The number of carboxylic acids is 1. The maximum absolute atomic E-state index is 10.9. The molecule has 0 spiro atoms.